The molecule has 0 heterocycles. The standard InChI is InChI=1S/C17H13F6NO2/c1-26-14-4-2-3-12(13(14)9-24-17(21,22)23)15(25)10-5-7-11(8-6-10)16(18,19)20/h2-8,24H,9H2,1H3. The third-order valence-corrected chi connectivity index (χ3v) is 3.54. The van der Waals surface area contributed by atoms with Crippen LogP contribution in [0.1, 0.15) is 27.0 Å². The van der Waals surface area contributed by atoms with E-state index in [0.29, 0.717) is 0 Å². The topological polar surface area (TPSA) is 38.3 Å². The first-order valence-corrected chi connectivity index (χ1v) is 7.22. The smallest absolute Gasteiger partial charge is 0.457 e. The predicted molar refractivity (Wildman–Crippen MR) is 80.8 cm³/mol. The molecule has 0 aliphatic heterocycles. The summed E-state index contributed by atoms with van der Waals surface area (Å²) in [5.74, 6) is -0.656. The molecule has 0 atom stereocenters. The molecule has 0 amide bonds. The van der Waals surface area contributed by atoms with Crippen molar-refractivity contribution in [3.05, 3.63) is 64.7 Å². The van der Waals surface area contributed by atoms with Crippen molar-refractivity contribution in [2.75, 3.05) is 7.11 Å². The van der Waals surface area contributed by atoms with Crippen molar-refractivity contribution >= 4 is 5.78 Å². The van der Waals surface area contributed by atoms with Gasteiger partial charge in [0.25, 0.3) is 0 Å². The molecule has 2 aromatic carbocycles. The minimum Gasteiger partial charge on any atom is -0.496 e. The number of rotatable bonds is 5. The number of hydrogen-bond acceptors (Lipinski definition) is 3. The SMILES string of the molecule is COc1cccc(C(=O)c2ccc(C(F)(F)F)cc2)c1CNC(F)(F)F. The Morgan fingerprint density at radius 1 is 1.00 bits per heavy atom. The highest BCUT2D eigenvalue weighted by Crippen LogP contribution is 2.30. The van der Waals surface area contributed by atoms with Crippen LogP contribution in [0, 0.1) is 0 Å². The van der Waals surface area contributed by atoms with Gasteiger partial charge in [-0.05, 0) is 18.2 Å². The predicted octanol–water partition coefficient (Wildman–Crippen LogP) is 4.55. The van der Waals surface area contributed by atoms with Gasteiger partial charge in [-0.2, -0.15) is 26.3 Å². The second kappa shape index (κ2) is 7.36. The first-order chi connectivity index (χ1) is 12.0. The second-order valence-electron chi connectivity index (χ2n) is 5.24. The highest BCUT2D eigenvalue weighted by atomic mass is 19.4. The summed E-state index contributed by atoms with van der Waals surface area (Å²) in [7, 11) is 1.23. The molecular formula is C17H13F6NO2. The fourth-order valence-electron chi connectivity index (χ4n) is 2.31. The van der Waals surface area contributed by atoms with Crippen LogP contribution in [0.4, 0.5) is 26.3 Å². The van der Waals surface area contributed by atoms with Crippen LogP contribution in [0.2, 0.25) is 0 Å². The van der Waals surface area contributed by atoms with E-state index in [2.05, 4.69) is 0 Å². The van der Waals surface area contributed by atoms with E-state index in [1.54, 1.807) is 0 Å². The lowest BCUT2D eigenvalue weighted by molar-refractivity contribution is -0.158. The molecule has 3 nitrogen and oxygen atoms in total. The first-order valence-electron chi connectivity index (χ1n) is 7.22. The number of halogens is 6. The number of carbonyl (C=O) groups is 1. The van der Waals surface area contributed by atoms with Gasteiger partial charge in [0.2, 0.25) is 0 Å². The zero-order valence-electron chi connectivity index (χ0n) is 13.3. The van der Waals surface area contributed by atoms with Crippen LogP contribution in [0.15, 0.2) is 42.5 Å². The third-order valence-electron chi connectivity index (χ3n) is 3.54. The minimum absolute atomic E-state index is 0.0442. The van der Waals surface area contributed by atoms with Crippen LogP contribution in [0.5, 0.6) is 5.75 Å². The largest absolute Gasteiger partial charge is 0.496 e. The zero-order valence-corrected chi connectivity index (χ0v) is 13.3. The van der Waals surface area contributed by atoms with Gasteiger partial charge in [0.05, 0.1) is 12.7 Å². The summed E-state index contributed by atoms with van der Waals surface area (Å²) in [5.41, 5.74) is -1.16. The molecule has 2 rings (SSSR count). The van der Waals surface area contributed by atoms with Crippen molar-refractivity contribution in [2.24, 2.45) is 0 Å². The molecule has 1 N–H and O–H groups in total. The maximum absolute atomic E-state index is 12.6. The molecule has 26 heavy (non-hydrogen) atoms. The van der Waals surface area contributed by atoms with Crippen LogP contribution in [-0.4, -0.2) is 19.2 Å². The number of benzene rings is 2. The molecule has 0 saturated heterocycles. The van der Waals surface area contributed by atoms with E-state index in [9.17, 15) is 31.1 Å². The minimum atomic E-state index is -4.67. The lowest BCUT2D eigenvalue weighted by atomic mass is 9.96. The maximum Gasteiger partial charge on any atom is 0.457 e. The van der Waals surface area contributed by atoms with Gasteiger partial charge in [-0.1, -0.05) is 24.3 Å². The molecule has 0 radical (unpaired) electrons. The van der Waals surface area contributed by atoms with Gasteiger partial charge in [-0.3, -0.25) is 4.79 Å². The van der Waals surface area contributed by atoms with E-state index in [1.165, 1.54) is 30.6 Å². The number of carbonyl (C=O) groups excluding carboxylic acids is 1. The molecule has 0 saturated carbocycles. The van der Waals surface area contributed by atoms with Crippen molar-refractivity contribution in [1.82, 2.24) is 5.32 Å². The Balaban J connectivity index is 2.39. The Kier molecular flexibility index (Phi) is 5.60. The van der Waals surface area contributed by atoms with E-state index < -0.39 is 30.4 Å². The molecule has 0 bridgehead atoms. The van der Waals surface area contributed by atoms with Crippen LogP contribution in [0.3, 0.4) is 0 Å². The monoisotopic (exact) mass is 377 g/mol. The molecule has 2 aromatic rings. The first kappa shape index (κ1) is 19.8. The molecule has 0 unspecified atom stereocenters. The molecule has 0 fully saturated rings. The average Bonchev–Trinajstić information content (AvgIpc) is 2.57. The summed E-state index contributed by atoms with van der Waals surface area (Å²) in [6, 6.07) is 7.51. The Bertz CT molecular complexity index is 781. The molecule has 9 heteroatoms. The quantitative estimate of drug-likeness (QED) is 0.472. The highest BCUT2D eigenvalue weighted by Gasteiger charge is 2.31. The Hall–Kier alpha value is -2.55. The van der Waals surface area contributed by atoms with Gasteiger partial charge in [-0.15, -0.1) is 0 Å². The van der Waals surface area contributed by atoms with E-state index in [-0.39, 0.29) is 22.4 Å². The number of nitrogens with one attached hydrogen (secondary N) is 1. The normalized spacial score (nSPS) is 12.1. The Morgan fingerprint density at radius 2 is 1.62 bits per heavy atom. The summed E-state index contributed by atoms with van der Waals surface area (Å²) < 4.78 is 80.1. The van der Waals surface area contributed by atoms with Gasteiger partial charge in [-0.25, -0.2) is 5.32 Å². The number of ketones is 1. The Morgan fingerprint density at radius 3 is 2.12 bits per heavy atom. The molecule has 0 aliphatic rings. The molecule has 0 aromatic heterocycles. The van der Waals surface area contributed by atoms with Crippen molar-refractivity contribution in [1.29, 1.82) is 0 Å². The Labute approximate surface area is 144 Å². The van der Waals surface area contributed by atoms with Gasteiger partial charge in [0.1, 0.15) is 5.75 Å². The van der Waals surface area contributed by atoms with Crippen LogP contribution < -0.4 is 10.1 Å². The summed E-state index contributed by atoms with van der Waals surface area (Å²) in [5, 5.41) is 1.31. The summed E-state index contributed by atoms with van der Waals surface area (Å²) >= 11 is 0. The highest BCUT2D eigenvalue weighted by molar-refractivity contribution is 6.10. The summed E-state index contributed by atoms with van der Waals surface area (Å²) in [6.45, 7) is -0.727. The zero-order chi connectivity index (χ0) is 19.5. The molecule has 0 aliphatic carbocycles. The van der Waals surface area contributed by atoms with Crippen molar-refractivity contribution in [3.8, 4) is 5.75 Å². The summed E-state index contributed by atoms with van der Waals surface area (Å²) in [4.78, 5) is 12.6. The van der Waals surface area contributed by atoms with Crippen LogP contribution >= 0.6 is 0 Å². The van der Waals surface area contributed by atoms with E-state index in [4.69, 9.17) is 4.74 Å². The van der Waals surface area contributed by atoms with Gasteiger partial charge in [0, 0.05) is 23.2 Å². The number of ether oxygens (including phenoxy) is 1. The molecule has 0 spiro atoms. The molecular weight excluding hydrogens is 364 g/mol. The van der Waals surface area contributed by atoms with Crippen molar-refractivity contribution < 1.29 is 35.9 Å². The van der Waals surface area contributed by atoms with E-state index in [1.807, 2.05) is 0 Å². The lowest BCUT2D eigenvalue weighted by Gasteiger charge is -2.15. The third kappa shape index (κ3) is 4.75. The van der Waals surface area contributed by atoms with Gasteiger partial charge < -0.3 is 4.74 Å². The number of hydrogen-bond donors (Lipinski definition) is 1. The van der Waals surface area contributed by atoms with Crippen LogP contribution in [0.25, 0.3) is 0 Å². The van der Waals surface area contributed by atoms with Crippen LogP contribution in [-0.2, 0) is 12.7 Å². The number of methoxy groups -OCH3 is 1. The van der Waals surface area contributed by atoms with E-state index >= 15 is 0 Å². The van der Waals surface area contributed by atoms with Crippen molar-refractivity contribution in [3.63, 3.8) is 0 Å². The second-order valence-corrected chi connectivity index (χ2v) is 5.24. The fourth-order valence-corrected chi connectivity index (χ4v) is 2.31. The van der Waals surface area contributed by atoms with Gasteiger partial charge in [0.15, 0.2) is 5.78 Å². The maximum atomic E-state index is 12.6. The lowest BCUT2D eigenvalue weighted by Crippen LogP contribution is -2.31. The van der Waals surface area contributed by atoms with E-state index in [0.717, 1.165) is 24.3 Å². The fraction of sp³-hybridized carbons (Fsp3) is 0.235. The van der Waals surface area contributed by atoms with Gasteiger partial charge >= 0.3 is 12.5 Å². The molecule has 140 valence electrons. The van der Waals surface area contributed by atoms with Crippen molar-refractivity contribution in [2.45, 2.75) is 19.0 Å². The summed E-state index contributed by atoms with van der Waals surface area (Å²) in [6.07, 6.45) is -9.23. The average molecular weight is 377 g/mol. The number of alkyl halides is 6.